The maximum atomic E-state index is 11.6. The number of carbonyl (C=O) groups is 2. The van der Waals surface area contributed by atoms with E-state index in [1.807, 2.05) is 19.9 Å². The lowest BCUT2D eigenvalue weighted by atomic mass is 10.0. The summed E-state index contributed by atoms with van der Waals surface area (Å²) in [5.74, 6) is -0.530. The molecule has 0 atom stereocenters. The number of ether oxygens (including phenoxy) is 2. The summed E-state index contributed by atoms with van der Waals surface area (Å²) in [7, 11) is 0. The number of carboxylic acids is 1. The quantitative estimate of drug-likeness (QED) is 0.873. The highest BCUT2D eigenvalue weighted by Crippen LogP contribution is 2.23. The standard InChI is InChI=1S/C16H23NO5/c1-10-6-12(8-17-15(20)22-16(3,4)5)7-13(11(10)2)21-9-14(18)19/h6-7H,8-9H2,1-5H3,(H,17,20)(H,18,19). The second-order valence-corrected chi connectivity index (χ2v) is 6.07. The van der Waals surface area contributed by atoms with E-state index in [0.29, 0.717) is 5.75 Å². The van der Waals surface area contributed by atoms with E-state index in [-0.39, 0.29) is 6.54 Å². The minimum absolute atomic E-state index is 0.277. The van der Waals surface area contributed by atoms with Crippen LogP contribution in [-0.2, 0) is 16.1 Å². The van der Waals surface area contributed by atoms with Gasteiger partial charge in [-0.05, 0) is 57.4 Å². The minimum Gasteiger partial charge on any atom is -0.482 e. The first kappa shape index (κ1) is 17.8. The Kier molecular flexibility index (Phi) is 5.79. The summed E-state index contributed by atoms with van der Waals surface area (Å²) in [5, 5.41) is 11.4. The van der Waals surface area contributed by atoms with Crippen molar-refractivity contribution in [1.29, 1.82) is 0 Å². The van der Waals surface area contributed by atoms with Gasteiger partial charge in [-0.3, -0.25) is 0 Å². The molecule has 22 heavy (non-hydrogen) atoms. The fraction of sp³-hybridized carbons (Fsp3) is 0.500. The summed E-state index contributed by atoms with van der Waals surface area (Å²) < 4.78 is 10.4. The lowest BCUT2D eigenvalue weighted by Gasteiger charge is -2.20. The fourth-order valence-corrected chi connectivity index (χ4v) is 1.78. The first-order valence-corrected chi connectivity index (χ1v) is 7.00. The molecule has 2 N–H and O–H groups in total. The van der Waals surface area contributed by atoms with Gasteiger partial charge in [0.05, 0.1) is 0 Å². The van der Waals surface area contributed by atoms with Gasteiger partial charge in [-0.1, -0.05) is 6.07 Å². The molecule has 0 unspecified atom stereocenters. The van der Waals surface area contributed by atoms with Crippen LogP contribution in [0.4, 0.5) is 4.79 Å². The number of benzene rings is 1. The van der Waals surface area contributed by atoms with Crippen LogP contribution in [0.3, 0.4) is 0 Å². The molecule has 0 saturated heterocycles. The van der Waals surface area contributed by atoms with Gasteiger partial charge in [0, 0.05) is 6.54 Å². The van der Waals surface area contributed by atoms with E-state index in [1.165, 1.54) is 0 Å². The number of rotatable bonds is 5. The molecule has 1 rings (SSSR count). The maximum Gasteiger partial charge on any atom is 0.407 e. The van der Waals surface area contributed by atoms with E-state index in [1.54, 1.807) is 26.8 Å². The predicted octanol–water partition coefficient (Wildman–Crippen LogP) is 2.79. The van der Waals surface area contributed by atoms with Crippen molar-refractivity contribution in [2.75, 3.05) is 6.61 Å². The molecule has 0 spiro atoms. The Bertz CT molecular complexity index is 560. The van der Waals surface area contributed by atoms with Crippen molar-refractivity contribution in [3.63, 3.8) is 0 Å². The summed E-state index contributed by atoms with van der Waals surface area (Å²) in [5.41, 5.74) is 2.10. The minimum atomic E-state index is -1.03. The van der Waals surface area contributed by atoms with Crippen LogP contribution in [0, 0.1) is 13.8 Å². The molecule has 1 aromatic carbocycles. The monoisotopic (exact) mass is 309 g/mol. The molecule has 0 fully saturated rings. The van der Waals surface area contributed by atoms with Crippen molar-refractivity contribution in [3.05, 3.63) is 28.8 Å². The van der Waals surface area contributed by atoms with Gasteiger partial charge < -0.3 is 19.9 Å². The van der Waals surface area contributed by atoms with Crippen molar-refractivity contribution in [3.8, 4) is 5.75 Å². The number of nitrogens with one attached hydrogen (secondary N) is 1. The number of alkyl carbamates (subject to hydrolysis) is 1. The Morgan fingerprint density at radius 1 is 1.23 bits per heavy atom. The summed E-state index contributed by atoms with van der Waals surface area (Å²) in [6.45, 7) is 9.02. The number of amides is 1. The number of hydrogen-bond donors (Lipinski definition) is 2. The van der Waals surface area contributed by atoms with Crippen LogP contribution in [-0.4, -0.2) is 29.4 Å². The Morgan fingerprint density at radius 2 is 1.86 bits per heavy atom. The number of carbonyl (C=O) groups excluding carboxylic acids is 1. The Labute approximate surface area is 130 Å². The zero-order valence-electron chi connectivity index (χ0n) is 13.6. The van der Waals surface area contributed by atoms with Gasteiger partial charge in [0.2, 0.25) is 0 Å². The van der Waals surface area contributed by atoms with Crippen LogP contribution in [0.25, 0.3) is 0 Å². The molecular weight excluding hydrogens is 286 g/mol. The predicted molar refractivity (Wildman–Crippen MR) is 82.1 cm³/mol. The van der Waals surface area contributed by atoms with E-state index in [4.69, 9.17) is 14.6 Å². The highest BCUT2D eigenvalue weighted by Gasteiger charge is 2.16. The highest BCUT2D eigenvalue weighted by atomic mass is 16.6. The van der Waals surface area contributed by atoms with Crippen molar-refractivity contribution in [1.82, 2.24) is 5.32 Å². The summed E-state index contributed by atoms with van der Waals surface area (Å²) in [6.07, 6.45) is -0.501. The van der Waals surface area contributed by atoms with Crippen LogP contribution in [0.1, 0.15) is 37.5 Å². The SMILES string of the molecule is Cc1cc(CNC(=O)OC(C)(C)C)cc(OCC(=O)O)c1C. The Hall–Kier alpha value is -2.24. The van der Waals surface area contributed by atoms with Crippen molar-refractivity contribution in [2.24, 2.45) is 0 Å². The van der Waals surface area contributed by atoms with Crippen LogP contribution in [0.15, 0.2) is 12.1 Å². The van der Waals surface area contributed by atoms with Crippen molar-refractivity contribution in [2.45, 2.75) is 46.8 Å². The number of carboxylic acid groups (broad SMARTS) is 1. The van der Waals surface area contributed by atoms with Gasteiger partial charge in [-0.2, -0.15) is 0 Å². The molecular formula is C16H23NO5. The molecule has 1 aromatic rings. The molecule has 0 bridgehead atoms. The van der Waals surface area contributed by atoms with Crippen LogP contribution in [0.5, 0.6) is 5.75 Å². The molecule has 6 heteroatoms. The van der Waals surface area contributed by atoms with Gasteiger partial charge in [-0.15, -0.1) is 0 Å². The summed E-state index contributed by atoms with van der Waals surface area (Å²) in [6, 6.07) is 3.64. The third kappa shape index (κ3) is 6.03. The zero-order chi connectivity index (χ0) is 16.9. The second-order valence-electron chi connectivity index (χ2n) is 6.07. The topological polar surface area (TPSA) is 84.9 Å². The molecule has 0 aliphatic rings. The number of aliphatic carboxylic acids is 1. The highest BCUT2D eigenvalue weighted by molar-refractivity contribution is 5.69. The molecule has 0 saturated carbocycles. The first-order chi connectivity index (χ1) is 10.1. The van der Waals surface area contributed by atoms with Crippen LogP contribution >= 0.6 is 0 Å². The molecule has 122 valence electrons. The Balaban J connectivity index is 2.75. The third-order valence-electron chi connectivity index (χ3n) is 2.87. The number of hydrogen-bond acceptors (Lipinski definition) is 4. The van der Waals surface area contributed by atoms with E-state index in [9.17, 15) is 9.59 Å². The van der Waals surface area contributed by atoms with Gasteiger partial charge in [0.15, 0.2) is 6.61 Å². The normalized spacial score (nSPS) is 11.0. The van der Waals surface area contributed by atoms with Gasteiger partial charge >= 0.3 is 12.1 Å². The number of aryl methyl sites for hydroxylation is 1. The molecule has 6 nitrogen and oxygen atoms in total. The summed E-state index contributed by atoms with van der Waals surface area (Å²) in [4.78, 5) is 22.2. The average Bonchev–Trinajstić information content (AvgIpc) is 2.36. The van der Waals surface area contributed by atoms with Crippen LogP contribution in [0.2, 0.25) is 0 Å². The third-order valence-corrected chi connectivity index (χ3v) is 2.87. The maximum absolute atomic E-state index is 11.6. The Morgan fingerprint density at radius 3 is 2.41 bits per heavy atom. The summed E-state index contributed by atoms with van der Waals surface area (Å²) >= 11 is 0. The largest absolute Gasteiger partial charge is 0.482 e. The average molecular weight is 309 g/mol. The second kappa shape index (κ2) is 7.15. The molecule has 0 aromatic heterocycles. The van der Waals surface area contributed by atoms with E-state index >= 15 is 0 Å². The lowest BCUT2D eigenvalue weighted by Crippen LogP contribution is -2.32. The van der Waals surface area contributed by atoms with Gasteiger partial charge in [-0.25, -0.2) is 9.59 Å². The van der Waals surface area contributed by atoms with Crippen molar-refractivity contribution >= 4 is 12.1 Å². The van der Waals surface area contributed by atoms with Gasteiger partial charge in [0.1, 0.15) is 11.4 Å². The van der Waals surface area contributed by atoms with E-state index < -0.39 is 24.3 Å². The van der Waals surface area contributed by atoms with Crippen LogP contribution < -0.4 is 10.1 Å². The molecule has 0 heterocycles. The lowest BCUT2D eigenvalue weighted by molar-refractivity contribution is -0.139. The molecule has 1 amide bonds. The zero-order valence-corrected chi connectivity index (χ0v) is 13.6. The first-order valence-electron chi connectivity index (χ1n) is 7.00. The fourth-order valence-electron chi connectivity index (χ4n) is 1.78. The van der Waals surface area contributed by atoms with Crippen molar-refractivity contribution < 1.29 is 24.2 Å². The van der Waals surface area contributed by atoms with Gasteiger partial charge in [0.25, 0.3) is 0 Å². The smallest absolute Gasteiger partial charge is 0.407 e. The van der Waals surface area contributed by atoms with E-state index in [2.05, 4.69) is 5.32 Å². The molecule has 0 aliphatic heterocycles. The molecule has 0 radical (unpaired) electrons. The molecule has 0 aliphatic carbocycles. The van der Waals surface area contributed by atoms with E-state index in [0.717, 1.165) is 16.7 Å².